The maximum atomic E-state index is 13.1. The molecule has 3 nitrogen and oxygen atoms in total. The van der Waals surface area contributed by atoms with Crippen LogP contribution in [0.1, 0.15) is 5.56 Å². The number of pyridine rings is 1. The third kappa shape index (κ3) is 2.72. The lowest BCUT2D eigenvalue weighted by molar-refractivity contribution is 0.628. The molecule has 0 aliphatic carbocycles. The molecule has 0 fully saturated rings. The fourth-order valence-electron chi connectivity index (χ4n) is 1.53. The minimum Gasteiger partial charge on any atom is -0.373 e. The summed E-state index contributed by atoms with van der Waals surface area (Å²) >= 11 is 0. The molecule has 2 N–H and O–H groups in total. The topological polar surface area (TPSA) is 37.0 Å². The van der Waals surface area contributed by atoms with Crippen molar-refractivity contribution in [3.63, 3.8) is 0 Å². The van der Waals surface area contributed by atoms with Gasteiger partial charge >= 0.3 is 0 Å². The van der Waals surface area contributed by atoms with E-state index >= 15 is 0 Å². The van der Waals surface area contributed by atoms with Crippen LogP contribution in [0.25, 0.3) is 0 Å². The first kappa shape index (κ1) is 11.4. The largest absolute Gasteiger partial charge is 0.373 e. The van der Waals surface area contributed by atoms with Gasteiger partial charge in [0.1, 0.15) is 11.6 Å². The molecule has 88 valence electrons. The van der Waals surface area contributed by atoms with E-state index in [2.05, 4.69) is 15.6 Å². The number of nitrogens with one attached hydrogen (secondary N) is 2. The molecule has 0 amide bonds. The molecule has 0 unspecified atom stereocenters. The van der Waals surface area contributed by atoms with E-state index in [1.807, 2.05) is 19.1 Å². The molecule has 1 aromatic heterocycles. The summed E-state index contributed by atoms with van der Waals surface area (Å²) in [7, 11) is 1.81. The predicted molar refractivity (Wildman–Crippen MR) is 68.2 cm³/mol. The van der Waals surface area contributed by atoms with Crippen LogP contribution in [0.5, 0.6) is 0 Å². The van der Waals surface area contributed by atoms with Gasteiger partial charge in [-0.3, -0.25) is 0 Å². The minimum atomic E-state index is -0.249. The third-order valence-electron chi connectivity index (χ3n) is 2.49. The zero-order valence-electron chi connectivity index (χ0n) is 9.79. The molecule has 0 aliphatic rings. The van der Waals surface area contributed by atoms with E-state index in [1.54, 1.807) is 19.3 Å². The molecule has 2 aromatic rings. The van der Waals surface area contributed by atoms with Gasteiger partial charge in [0.25, 0.3) is 0 Å². The Morgan fingerprint density at radius 1 is 1.18 bits per heavy atom. The van der Waals surface area contributed by atoms with E-state index in [-0.39, 0.29) is 5.82 Å². The van der Waals surface area contributed by atoms with Crippen LogP contribution in [-0.2, 0) is 0 Å². The normalized spacial score (nSPS) is 10.1. The number of rotatable bonds is 3. The molecule has 4 heteroatoms. The number of aromatic nitrogens is 1. The fraction of sp³-hybridized carbons (Fsp3) is 0.154. The summed E-state index contributed by atoms with van der Waals surface area (Å²) in [5, 5.41) is 6.12. The summed E-state index contributed by atoms with van der Waals surface area (Å²) in [6.45, 7) is 1.93. The molecule has 0 aliphatic heterocycles. The van der Waals surface area contributed by atoms with Crippen LogP contribution in [0.2, 0.25) is 0 Å². The summed E-state index contributed by atoms with van der Waals surface area (Å²) in [5.41, 5.74) is 2.63. The zero-order valence-corrected chi connectivity index (χ0v) is 9.79. The smallest absolute Gasteiger partial charge is 0.127 e. The molecule has 1 aromatic carbocycles. The average molecular weight is 231 g/mol. The SMILES string of the molecule is CNc1cc(Nc2cc(F)ccc2C)ccn1. The first-order valence-electron chi connectivity index (χ1n) is 5.36. The maximum Gasteiger partial charge on any atom is 0.127 e. The van der Waals surface area contributed by atoms with E-state index < -0.39 is 0 Å². The third-order valence-corrected chi connectivity index (χ3v) is 2.49. The number of anilines is 3. The zero-order chi connectivity index (χ0) is 12.3. The molecule has 2 rings (SSSR count). The highest BCUT2D eigenvalue weighted by Crippen LogP contribution is 2.22. The lowest BCUT2D eigenvalue weighted by Gasteiger charge is -2.10. The monoisotopic (exact) mass is 231 g/mol. The first-order chi connectivity index (χ1) is 8.19. The van der Waals surface area contributed by atoms with Crippen molar-refractivity contribution in [1.82, 2.24) is 4.98 Å². The Kier molecular flexibility index (Phi) is 3.23. The minimum absolute atomic E-state index is 0.249. The molecule has 0 radical (unpaired) electrons. The van der Waals surface area contributed by atoms with Gasteiger partial charge in [-0.25, -0.2) is 9.37 Å². The average Bonchev–Trinajstić information content (AvgIpc) is 2.34. The molecule has 0 saturated heterocycles. The molecule has 17 heavy (non-hydrogen) atoms. The van der Waals surface area contributed by atoms with Crippen LogP contribution in [0.3, 0.4) is 0 Å². The van der Waals surface area contributed by atoms with Crippen LogP contribution in [0, 0.1) is 12.7 Å². The summed E-state index contributed by atoms with van der Waals surface area (Å²) < 4.78 is 13.1. The van der Waals surface area contributed by atoms with Crippen LogP contribution in [0.15, 0.2) is 36.5 Å². The van der Waals surface area contributed by atoms with E-state index in [0.717, 1.165) is 22.8 Å². The Morgan fingerprint density at radius 3 is 2.76 bits per heavy atom. The van der Waals surface area contributed by atoms with E-state index in [1.165, 1.54) is 12.1 Å². The van der Waals surface area contributed by atoms with E-state index in [9.17, 15) is 4.39 Å². The maximum absolute atomic E-state index is 13.1. The lowest BCUT2D eigenvalue weighted by Crippen LogP contribution is -1.97. The summed E-state index contributed by atoms with van der Waals surface area (Å²) in [6.07, 6.45) is 1.70. The quantitative estimate of drug-likeness (QED) is 0.850. The van der Waals surface area contributed by atoms with Gasteiger partial charge in [-0.2, -0.15) is 0 Å². The highest BCUT2D eigenvalue weighted by Gasteiger charge is 2.01. The molecule has 0 saturated carbocycles. The predicted octanol–water partition coefficient (Wildman–Crippen LogP) is 3.31. The number of hydrogen-bond donors (Lipinski definition) is 2. The Hall–Kier alpha value is -2.10. The molecular formula is C13H14FN3. The van der Waals surface area contributed by atoms with Gasteiger partial charge in [0.05, 0.1) is 0 Å². The van der Waals surface area contributed by atoms with Gasteiger partial charge in [-0.15, -0.1) is 0 Å². The molecule has 0 bridgehead atoms. The Labute approximate surface area is 99.7 Å². The van der Waals surface area contributed by atoms with Crippen molar-refractivity contribution in [3.8, 4) is 0 Å². The molecule has 1 heterocycles. The second-order valence-electron chi connectivity index (χ2n) is 3.76. The summed E-state index contributed by atoms with van der Waals surface area (Å²) in [4.78, 5) is 4.11. The highest BCUT2D eigenvalue weighted by molar-refractivity contribution is 5.65. The van der Waals surface area contributed by atoms with Crippen molar-refractivity contribution in [1.29, 1.82) is 0 Å². The van der Waals surface area contributed by atoms with Gasteiger partial charge < -0.3 is 10.6 Å². The van der Waals surface area contributed by atoms with Gasteiger partial charge in [0, 0.05) is 30.7 Å². The summed E-state index contributed by atoms with van der Waals surface area (Å²) in [6, 6.07) is 8.38. The van der Waals surface area contributed by atoms with Crippen LogP contribution >= 0.6 is 0 Å². The van der Waals surface area contributed by atoms with Gasteiger partial charge in [0.2, 0.25) is 0 Å². The second kappa shape index (κ2) is 4.82. The molecule has 0 atom stereocenters. The van der Waals surface area contributed by atoms with Gasteiger partial charge in [0.15, 0.2) is 0 Å². The van der Waals surface area contributed by atoms with Gasteiger partial charge in [-0.1, -0.05) is 6.07 Å². The number of hydrogen-bond acceptors (Lipinski definition) is 3. The van der Waals surface area contributed by atoms with E-state index in [0.29, 0.717) is 0 Å². The number of aryl methyl sites for hydroxylation is 1. The molecular weight excluding hydrogens is 217 g/mol. The first-order valence-corrected chi connectivity index (χ1v) is 5.36. The Bertz CT molecular complexity index is 526. The van der Waals surface area contributed by atoms with Crippen molar-refractivity contribution in [2.24, 2.45) is 0 Å². The van der Waals surface area contributed by atoms with Crippen molar-refractivity contribution in [2.45, 2.75) is 6.92 Å². The summed E-state index contributed by atoms with van der Waals surface area (Å²) in [5.74, 6) is 0.519. The van der Waals surface area contributed by atoms with Crippen LogP contribution < -0.4 is 10.6 Å². The van der Waals surface area contributed by atoms with Crippen molar-refractivity contribution >= 4 is 17.2 Å². The Balaban J connectivity index is 2.27. The fourth-order valence-corrected chi connectivity index (χ4v) is 1.53. The van der Waals surface area contributed by atoms with Crippen LogP contribution in [0.4, 0.5) is 21.6 Å². The number of nitrogens with zero attached hydrogens (tertiary/aromatic N) is 1. The lowest BCUT2D eigenvalue weighted by atomic mass is 10.2. The standard InChI is InChI=1S/C13H14FN3/c1-9-3-4-10(14)7-12(9)17-11-5-6-16-13(8-11)15-2/h3-8H,1-2H3,(H2,15,16,17). The Morgan fingerprint density at radius 2 is 2.00 bits per heavy atom. The second-order valence-corrected chi connectivity index (χ2v) is 3.76. The number of benzene rings is 1. The van der Waals surface area contributed by atoms with E-state index in [4.69, 9.17) is 0 Å². The highest BCUT2D eigenvalue weighted by atomic mass is 19.1. The van der Waals surface area contributed by atoms with Gasteiger partial charge in [-0.05, 0) is 30.7 Å². The van der Waals surface area contributed by atoms with Crippen molar-refractivity contribution < 1.29 is 4.39 Å². The van der Waals surface area contributed by atoms with Crippen molar-refractivity contribution in [2.75, 3.05) is 17.7 Å². The molecule has 0 spiro atoms. The van der Waals surface area contributed by atoms with Crippen molar-refractivity contribution in [3.05, 3.63) is 47.9 Å². The number of halogens is 1. The van der Waals surface area contributed by atoms with Crippen LogP contribution in [-0.4, -0.2) is 12.0 Å².